The molecule has 2 aliphatic rings. The molecule has 3 heterocycles. The number of aliphatic hydroxyl groups is 2. The number of carbonyl (C=O) groups excluding carboxylic acids is 1. The second kappa shape index (κ2) is 6.93. The topological polar surface area (TPSA) is 94.7 Å². The summed E-state index contributed by atoms with van der Waals surface area (Å²) in [6.07, 6.45) is 1.54. The van der Waals surface area contributed by atoms with E-state index in [1.54, 1.807) is 4.90 Å². The maximum atomic E-state index is 13.2. The van der Waals surface area contributed by atoms with Crippen molar-refractivity contribution in [3.63, 3.8) is 0 Å². The van der Waals surface area contributed by atoms with Crippen LogP contribution in [0.5, 0.6) is 0 Å². The monoisotopic (exact) mass is 359 g/mol. The molecule has 25 heavy (non-hydrogen) atoms. The average Bonchev–Trinajstić information content (AvgIpc) is 3.16. The fraction of sp³-hybridized carbons (Fsp3) is 0.800. The highest BCUT2D eigenvalue weighted by Crippen LogP contribution is 2.30. The van der Waals surface area contributed by atoms with Crippen molar-refractivity contribution in [2.75, 3.05) is 32.7 Å². The molecule has 0 bridgehead atoms. The molecule has 140 valence electrons. The molecule has 0 unspecified atom stereocenters. The second-order valence-electron chi connectivity index (χ2n) is 6.99. The number of piperidine rings is 1. The Kier molecular flexibility index (Phi) is 5.03. The van der Waals surface area contributed by atoms with Crippen molar-refractivity contribution in [3.05, 3.63) is 11.9 Å². The first-order valence-corrected chi connectivity index (χ1v) is 8.39. The maximum absolute atomic E-state index is 13.2. The van der Waals surface area contributed by atoms with Crippen LogP contribution in [0.1, 0.15) is 25.0 Å². The molecular weight excluding hydrogens is 336 g/mol. The van der Waals surface area contributed by atoms with Crippen LogP contribution in [0.15, 0.2) is 6.20 Å². The molecule has 2 aliphatic heterocycles. The number of amides is 1. The Morgan fingerprint density at radius 3 is 2.60 bits per heavy atom. The van der Waals surface area contributed by atoms with Crippen LogP contribution in [-0.2, 0) is 17.9 Å². The number of nitrogens with zero attached hydrogens (tertiary/aromatic N) is 5. The molecule has 8 nitrogen and oxygen atoms in total. The van der Waals surface area contributed by atoms with Crippen molar-refractivity contribution in [2.24, 2.45) is 0 Å². The van der Waals surface area contributed by atoms with Crippen LogP contribution in [0, 0.1) is 0 Å². The summed E-state index contributed by atoms with van der Waals surface area (Å²) in [5, 5.41) is 27.1. The molecule has 1 amide bonds. The Labute approximate surface area is 144 Å². The quantitative estimate of drug-likeness (QED) is 0.734. The third-order valence-corrected chi connectivity index (χ3v) is 4.84. The van der Waals surface area contributed by atoms with E-state index >= 15 is 0 Å². The minimum Gasteiger partial charge on any atom is -0.390 e. The highest BCUT2D eigenvalue weighted by atomic mass is 19.3. The molecule has 0 radical (unpaired) electrons. The van der Waals surface area contributed by atoms with E-state index in [-0.39, 0.29) is 51.5 Å². The van der Waals surface area contributed by atoms with Crippen molar-refractivity contribution in [3.8, 4) is 0 Å². The smallest absolute Gasteiger partial charge is 0.250 e. The highest BCUT2D eigenvalue weighted by Gasteiger charge is 2.42. The van der Waals surface area contributed by atoms with E-state index in [0.717, 1.165) is 0 Å². The summed E-state index contributed by atoms with van der Waals surface area (Å²) in [6.45, 7) is 1.15. The van der Waals surface area contributed by atoms with Gasteiger partial charge in [0.25, 0.3) is 5.92 Å². The lowest BCUT2D eigenvalue weighted by Gasteiger charge is -2.36. The normalized spacial score (nSPS) is 27.0. The first-order chi connectivity index (χ1) is 11.8. The van der Waals surface area contributed by atoms with Crippen LogP contribution < -0.4 is 0 Å². The highest BCUT2D eigenvalue weighted by molar-refractivity contribution is 5.76. The van der Waals surface area contributed by atoms with Crippen molar-refractivity contribution in [1.29, 1.82) is 0 Å². The number of β-amino-alcohol motifs (C(OH)–C–C–N with tert-alkyl or cyclic N) is 1. The van der Waals surface area contributed by atoms with Gasteiger partial charge < -0.3 is 15.1 Å². The van der Waals surface area contributed by atoms with Crippen molar-refractivity contribution in [1.82, 2.24) is 24.8 Å². The molecule has 1 aromatic rings. The van der Waals surface area contributed by atoms with Gasteiger partial charge in [-0.1, -0.05) is 5.21 Å². The Hall–Kier alpha value is -1.65. The number of carbonyl (C=O) groups is 1. The Bertz CT molecular complexity index is 616. The van der Waals surface area contributed by atoms with Gasteiger partial charge in [0.15, 0.2) is 0 Å². The molecule has 3 rings (SSSR count). The van der Waals surface area contributed by atoms with Gasteiger partial charge in [-0.3, -0.25) is 9.69 Å². The number of aliphatic hydroxyl groups excluding tert-OH is 1. The SMILES string of the molecule is O=C(Cn1cc(CO)nn1)N1CC[C@@](O)(CN2CCC(F)(F)CC2)C1. The molecule has 10 heteroatoms. The van der Waals surface area contributed by atoms with Crippen LogP contribution in [0.25, 0.3) is 0 Å². The van der Waals surface area contributed by atoms with E-state index < -0.39 is 11.5 Å². The summed E-state index contributed by atoms with van der Waals surface area (Å²) in [5.41, 5.74) is -0.686. The summed E-state index contributed by atoms with van der Waals surface area (Å²) in [6, 6.07) is 0. The lowest BCUT2D eigenvalue weighted by molar-refractivity contribution is -0.132. The third kappa shape index (κ3) is 4.50. The molecule has 1 aromatic heterocycles. The predicted molar refractivity (Wildman–Crippen MR) is 82.7 cm³/mol. The molecule has 0 aromatic carbocycles. The first kappa shape index (κ1) is 18.2. The summed E-state index contributed by atoms with van der Waals surface area (Å²) >= 11 is 0. The van der Waals surface area contributed by atoms with E-state index in [9.17, 15) is 18.7 Å². The third-order valence-electron chi connectivity index (χ3n) is 4.84. The summed E-state index contributed by atoms with van der Waals surface area (Å²) in [4.78, 5) is 15.7. The summed E-state index contributed by atoms with van der Waals surface area (Å²) in [7, 11) is 0. The number of alkyl halides is 2. The molecule has 0 saturated carbocycles. The summed E-state index contributed by atoms with van der Waals surface area (Å²) in [5.74, 6) is -2.81. The molecular formula is C15H23F2N5O3. The molecule has 2 saturated heterocycles. The average molecular weight is 359 g/mol. The molecule has 0 aliphatic carbocycles. The zero-order chi connectivity index (χ0) is 18.1. The van der Waals surface area contributed by atoms with E-state index in [2.05, 4.69) is 10.3 Å². The van der Waals surface area contributed by atoms with Gasteiger partial charge in [0.05, 0.1) is 24.9 Å². The van der Waals surface area contributed by atoms with E-state index in [1.165, 1.54) is 10.9 Å². The number of likely N-dealkylation sites (tertiary alicyclic amines) is 2. The first-order valence-electron chi connectivity index (χ1n) is 8.39. The molecule has 1 atom stereocenters. The largest absolute Gasteiger partial charge is 0.390 e. The van der Waals surface area contributed by atoms with Gasteiger partial charge in [0, 0.05) is 39.0 Å². The molecule has 0 spiro atoms. The van der Waals surface area contributed by atoms with Gasteiger partial charge in [-0.2, -0.15) is 0 Å². The van der Waals surface area contributed by atoms with E-state index in [4.69, 9.17) is 5.11 Å². The van der Waals surface area contributed by atoms with Crippen LogP contribution in [-0.4, -0.2) is 85.2 Å². The lowest BCUT2D eigenvalue weighted by Crippen LogP contribution is -2.49. The molecule has 2 fully saturated rings. The molecule has 2 N–H and O–H groups in total. The number of hydrogen-bond donors (Lipinski definition) is 2. The van der Waals surface area contributed by atoms with Gasteiger partial charge in [0.1, 0.15) is 12.2 Å². The number of halogens is 2. The van der Waals surface area contributed by atoms with Gasteiger partial charge in [-0.15, -0.1) is 5.10 Å². The van der Waals surface area contributed by atoms with Gasteiger partial charge in [-0.25, -0.2) is 13.5 Å². The minimum atomic E-state index is -2.61. The summed E-state index contributed by atoms with van der Waals surface area (Å²) < 4.78 is 27.8. The van der Waals surface area contributed by atoms with Gasteiger partial charge >= 0.3 is 0 Å². The van der Waals surface area contributed by atoms with Crippen molar-refractivity contribution >= 4 is 5.91 Å². The van der Waals surface area contributed by atoms with E-state index in [0.29, 0.717) is 25.2 Å². The van der Waals surface area contributed by atoms with Crippen molar-refractivity contribution < 1.29 is 23.8 Å². The minimum absolute atomic E-state index is 0.0149. The second-order valence-corrected chi connectivity index (χ2v) is 6.99. The van der Waals surface area contributed by atoms with Gasteiger partial charge in [0.2, 0.25) is 5.91 Å². The van der Waals surface area contributed by atoms with Crippen LogP contribution in [0.2, 0.25) is 0 Å². The van der Waals surface area contributed by atoms with Crippen molar-refractivity contribution in [2.45, 2.75) is 43.9 Å². The number of rotatable bonds is 5. The Balaban J connectivity index is 1.50. The van der Waals surface area contributed by atoms with Crippen LogP contribution >= 0.6 is 0 Å². The fourth-order valence-electron chi connectivity index (χ4n) is 3.38. The zero-order valence-electron chi connectivity index (χ0n) is 13.9. The lowest BCUT2D eigenvalue weighted by atomic mass is 10.00. The Morgan fingerprint density at radius 1 is 1.24 bits per heavy atom. The van der Waals surface area contributed by atoms with Crippen LogP contribution in [0.3, 0.4) is 0 Å². The van der Waals surface area contributed by atoms with E-state index in [1.807, 2.05) is 4.90 Å². The number of hydrogen-bond acceptors (Lipinski definition) is 6. The fourth-order valence-corrected chi connectivity index (χ4v) is 3.38. The predicted octanol–water partition coefficient (Wildman–Crippen LogP) is -0.535. The number of aromatic nitrogens is 3. The Morgan fingerprint density at radius 2 is 1.96 bits per heavy atom. The zero-order valence-corrected chi connectivity index (χ0v) is 13.9. The maximum Gasteiger partial charge on any atom is 0.250 e. The van der Waals surface area contributed by atoms with Crippen LogP contribution in [0.4, 0.5) is 8.78 Å². The standard InChI is InChI=1S/C15H23F2N5O3/c16-15(17)2-4-20(5-3-15)10-14(25)1-6-21(11-14)13(24)8-22-7-12(9-23)18-19-22/h7,23,25H,1-6,8-11H2/t14-/m1/s1. The van der Waals surface area contributed by atoms with Gasteiger partial charge in [-0.05, 0) is 6.42 Å².